The van der Waals surface area contributed by atoms with Crippen molar-refractivity contribution in [2.24, 2.45) is 0 Å². The van der Waals surface area contributed by atoms with Crippen LogP contribution in [0.3, 0.4) is 0 Å². The molecule has 0 fully saturated rings. The van der Waals surface area contributed by atoms with Crippen molar-refractivity contribution in [1.29, 1.82) is 0 Å². The van der Waals surface area contributed by atoms with E-state index >= 15 is 0 Å². The van der Waals surface area contributed by atoms with Crippen LogP contribution in [0.5, 0.6) is 0 Å². The van der Waals surface area contributed by atoms with Gasteiger partial charge in [-0.2, -0.15) is 0 Å². The van der Waals surface area contributed by atoms with E-state index in [1.54, 1.807) is 0 Å². The van der Waals surface area contributed by atoms with E-state index in [0.717, 1.165) is 11.8 Å². The highest BCUT2D eigenvalue weighted by Gasteiger charge is 2.05. The molecule has 0 aliphatic heterocycles. The lowest BCUT2D eigenvalue weighted by molar-refractivity contribution is 0.00303. The molecular formula is C10H21BrO3. The summed E-state index contributed by atoms with van der Waals surface area (Å²) in [7, 11) is 0. The van der Waals surface area contributed by atoms with Crippen molar-refractivity contribution in [3.8, 4) is 0 Å². The Bertz CT molecular complexity index is 112. The summed E-state index contributed by atoms with van der Waals surface area (Å²) in [5.41, 5.74) is 0. The van der Waals surface area contributed by atoms with Crippen LogP contribution in [0.2, 0.25) is 0 Å². The van der Waals surface area contributed by atoms with Gasteiger partial charge in [-0.1, -0.05) is 35.7 Å². The van der Waals surface area contributed by atoms with Gasteiger partial charge in [0.25, 0.3) is 0 Å². The van der Waals surface area contributed by atoms with Crippen molar-refractivity contribution in [2.45, 2.75) is 32.3 Å². The molecule has 14 heavy (non-hydrogen) atoms. The van der Waals surface area contributed by atoms with Crippen LogP contribution in [-0.4, -0.2) is 43.0 Å². The summed E-state index contributed by atoms with van der Waals surface area (Å²) in [5, 5.41) is 9.35. The second-order valence-electron chi connectivity index (χ2n) is 3.13. The molecule has 0 radical (unpaired) electrons. The monoisotopic (exact) mass is 268 g/mol. The molecule has 3 nitrogen and oxygen atoms in total. The summed E-state index contributed by atoms with van der Waals surface area (Å²) in [6.07, 6.45) is 3.80. The maximum atomic E-state index is 8.46. The van der Waals surface area contributed by atoms with Gasteiger partial charge in [-0.15, -0.1) is 0 Å². The van der Waals surface area contributed by atoms with Crippen LogP contribution < -0.4 is 0 Å². The first-order valence-electron chi connectivity index (χ1n) is 5.21. The molecule has 0 saturated heterocycles. The number of aliphatic hydroxyl groups is 1. The largest absolute Gasteiger partial charge is 0.394 e. The van der Waals surface area contributed by atoms with E-state index in [9.17, 15) is 0 Å². The average molecular weight is 269 g/mol. The summed E-state index contributed by atoms with van der Waals surface area (Å²) in [6.45, 7) is 3.83. The maximum absolute atomic E-state index is 8.46. The molecule has 0 aromatic heterocycles. The van der Waals surface area contributed by atoms with E-state index in [-0.39, 0.29) is 6.61 Å². The van der Waals surface area contributed by atoms with E-state index in [0.29, 0.717) is 25.9 Å². The summed E-state index contributed by atoms with van der Waals surface area (Å²) in [6, 6.07) is 0. The second-order valence-corrected chi connectivity index (χ2v) is 3.77. The van der Waals surface area contributed by atoms with Crippen molar-refractivity contribution in [1.82, 2.24) is 0 Å². The molecule has 86 valence electrons. The fourth-order valence-corrected chi connectivity index (χ4v) is 1.59. The Morgan fingerprint density at radius 2 is 2.07 bits per heavy atom. The van der Waals surface area contributed by atoms with Gasteiger partial charge >= 0.3 is 0 Å². The van der Waals surface area contributed by atoms with Crippen molar-refractivity contribution in [3.05, 3.63) is 0 Å². The maximum Gasteiger partial charge on any atom is 0.0704 e. The first-order valence-corrected chi connectivity index (χ1v) is 6.33. The van der Waals surface area contributed by atoms with Crippen LogP contribution in [0.15, 0.2) is 0 Å². The number of alkyl halides is 1. The number of halogens is 1. The number of rotatable bonds is 10. The Kier molecular flexibility index (Phi) is 11.7. The highest BCUT2D eigenvalue weighted by molar-refractivity contribution is 9.09. The zero-order valence-electron chi connectivity index (χ0n) is 8.88. The number of hydrogen-bond acceptors (Lipinski definition) is 3. The Morgan fingerprint density at radius 1 is 1.29 bits per heavy atom. The van der Waals surface area contributed by atoms with Gasteiger partial charge in [-0.3, -0.25) is 0 Å². The van der Waals surface area contributed by atoms with E-state index < -0.39 is 0 Å². The normalized spacial score (nSPS) is 13.1. The smallest absolute Gasteiger partial charge is 0.0704 e. The van der Waals surface area contributed by atoms with Gasteiger partial charge < -0.3 is 14.6 Å². The van der Waals surface area contributed by atoms with E-state index in [1.165, 1.54) is 12.8 Å². The van der Waals surface area contributed by atoms with Crippen molar-refractivity contribution in [2.75, 3.05) is 31.8 Å². The molecule has 0 bridgehead atoms. The minimum Gasteiger partial charge on any atom is -0.394 e. The molecule has 0 aliphatic rings. The Hall–Kier alpha value is 0.360. The summed E-state index contributed by atoms with van der Waals surface area (Å²) >= 11 is 3.42. The van der Waals surface area contributed by atoms with Crippen molar-refractivity contribution >= 4 is 15.9 Å². The van der Waals surface area contributed by atoms with Gasteiger partial charge in [0, 0.05) is 5.33 Å². The fraction of sp³-hybridized carbons (Fsp3) is 1.00. The van der Waals surface area contributed by atoms with Gasteiger partial charge in [0.15, 0.2) is 0 Å². The lowest BCUT2D eigenvalue weighted by Gasteiger charge is -2.14. The van der Waals surface area contributed by atoms with Gasteiger partial charge in [0.2, 0.25) is 0 Å². The van der Waals surface area contributed by atoms with E-state index in [1.807, 2.05) is 0 Å². The Labute approximate surface area is 94.9 Å². The van der Waals surface area contributed by atoms with Gasteiger partial charge in [-0.25, -0.2) is 0 Å². The molecule has 1 N–H and O–H groups in total. The van der Waals surface area contributed by atoms with Crippen molar-refractivity contribution < 1.29 is 14.6 Å². The van der Waals surface area contributed by atoms with E-state index in [2.05, 4.69) is 22.9 Å². The number of hydrogen-bond donors (Lipinski definition) is 1. The molecule has 0 aromatic carbocycles. The third kappa shape index (κ3) is 8.94. The van der Waals surface area contributed by atoms with Crippen LogP contribution in [0.1, 0.15) is 26.2 Å². The predicted octanol–water partition coefficient (Wildman–Crippen LogP) is 1.97. The Morgan fingerprint density at radius 3 is 2.64 bits per heavy atom. The topological polar surface area (TPSA) is 38.7 Å². The molecule has 0 aromatic rings. The standard InChI is InChI=1S/C10H21BrO3/c1-2-3-4-10(9-11)14-8-7-13-6-5-12/h10,12H,2-9H2,1H3. The predicted molar refractivity (Wildman–Crippen MR) is 61.0 cm³/mol. The van der Waals surface area contributed by atoms with E-state index in [4.69, 9.17) is 14.6 Å². The molecule has 1 atom stereocenters. The zero-order valence-corrected chi connectivity index (χ0v) is 10.5. The molecule has 0 rings (SSSR count). The third-order valence-electron chi connectivity index (χ3n) is 1.87. The number of unbranched alkanes of at least 4 members (excludes halogenated alkanes) is 1. The number of ether oxygens (including phenoxy) is 2. The molecule has 4 heteroatoms. The summed E-state index contributed by atoms with van der Waals surface area (Å²) < 4.78 is 10.7. The number of aliphatic hydroxyl groups excluding tert-OH is 1. The van der Waals surface area contributed by atoms with Gasteiger partial charge in [-0.05, 0) is 6.42 Å². The lowest BCUT2D eigenvalue weighted by Crippen LogP contribution is -2.18. The summed E-state index contributed by atoms with van der Waals surface area (Å²) in [4.78, 5) is 0. The molecule has 0 spiro atoms. The minimum absolute atomic E-state index is 0.0811. The lowest BCUT2D eigenvalue weighted by atomic mass is 10.2. The highest BCUT2D eigenvalue weighted by atomic mass is 79.9. The average Bonchev–Trinajstić information content (AvgIpc) is 2.22. The van der Waals surface area contributed by atoms with Crippen LogP contribution >= 0.6 is 15.9 Å². The summed E-state index contributed by atoms with van der Waals surface area (Å²) in [5.74, 6) is 0. The zero-order chi connectivity index (χ0) is 10.6. The van der Waals surface area contributed by atoms with Gasteiger partial charge in [0.05, 0.1) is 32.5 Å². The van der Waals surface area contributed by atoms with Gasteiger partial charge in [0.1, 0.15) is 0 Å². The molecule has 0 aliphatic carbocycles. The second kappa shape index (κ2) is 11.4. The molecule has 0 amide bonds. The SMILES string of the molecule is CCCCC(CBr)OCCOCCO. The first kappa shape index (κ1) is 14.4. The molecular weight excluding hydrogens is 248 g/mol. The highest BCUT2D eigenvalue weighted by Crippen LogP contribution is 2.07. The molecule has 1 unspecified atom stereocenters. The van der Waals surface area contributed by atoms with Crippen LogP contribution in [0.4, 0.5) is 0 Å². The fourth-order valence-electron chi connectivity index (χ4n) is 1.08. The molecule has 0 saturated carbocycles. The Balaban J connectivity index is 3.24. The third-order valence-corrected chi connectivity index (χ3v) is 2.59. The first-order chi connectivity index (χ1) is 6.85. The van der Waals surface area contributed by atoms with Crippen LogP contribution in [-0.2, 0) is 9.47 Å². The van der Waals surface area contributed by atoms with Crippen molar-refractivity contribution in [3.63, 3.8) is 0 Å². The van der Waals surface area contributed by atoms with Crippen LogP contribution in [0.25, 0.3) is 0 Å². The minimum atomic E-state index is 0.0811. The molecule has 0 heterocycles. The quantitative estimate of drug-likeness (QED) is 0.487. The van der Waals surface area contributed by atoms with Crippen LogP contribution in [0, 0.1) is 0 Å².